The van der Waals surface area contributed by atoms with Crippen LogP contribution in [0.2, 0.25) is 0 Å². The van der Waals surface area contributed by atoms with Gasteiger partial charge < -0.3 is 20.5 Å². The van der Waals surface area contributed by atoms with Crippen LogP contribution in [0.25, 0.3) is 0 Å². The molecule has 5 nitrogen and oxygen atoms in total. The lowest BCUT2D eigenvalue weighted by Crippen LogP contribution is -2.49. The van der Waals surface area contributed by atoms with Crippen molar-refractivity contribution >= 4 is 21.8 Å². The number of carbonyl (C=O) groups is 1. The number of fused-ring (bicyclic) bond motifs is 5. The summed E-state index contributed by atoms with van der Waals surface area (Å²) < 4.78 is 34.5. The molecule has 4 atom stereocenters. The van der Waals surface area contributed by atoms with Crippen LogP contribution in [-0.4, -0.2) is 36.3 Å². The quantitative estimate of drug-likeness (QED) is 0.490. The number of carbonyl (C=O) groups excluding carboxylic acids is 1. The second-order valence-electron chi connectivity index (χ2n) is 8.88. The van der Waals surface area contributed by atoms with Crippen LogP contribution in [0.15, 0.2) is 53.0 Å². The SMILES string of the molecule is O=C1CCC/C=C/CO[C@@H]2C[C@H](NC[C@@H](O)[C@H](Cc3cc(F)cc(F)c3)N1)c1cc(Br)ccc12. The minimum atomic E-state index is -0.960. The fraction of sp³-hybridized carbons (Fsp3) is 0.423. The number of hydrogen-bond acceptors (Lipinski definition) is 4. The zero-order chi connectivity index (χ0) is 24.1. The summed E-state index contributed by atoms with van der Waals surface area (Å²) in [6.07, 6.45) is 5.49. The van der Waals surface area contributed by atoms with Crippen LogP contribution >= 0.6 is 15.9 Å². The minimum absolute atomic E-state index is 0.0352. The molecule has 1 amide bonds. The Morgan fingerprint density at radius 1 is 1.09 bits per heavy atom. The van der Waals surface area contributed by atoms with Gasteiger partial charge in [-0.1, -0.05) is 34.1 Å². The highest BCUT2D eigenvalue weighted by molar-refractivity contribution is 9.10. The van der Waals surface area contributed by atoms with Crippen molar-refractivity contribution < 1.29 is 23.4 Å². The molecule has 2 aromatic rings. The highest BCUT2D eigenvalue weighted by Gasteiger charge is 2.32. The number of amides is 1. The van der Waals surface area contributed by atoms with E-state index in [0.717, 1.165) is 34.5 Å². The average Bonchev–Trinajstić information content (AvgIpc) is 3.11. The van der Waals surface area contributed by atoms with Crippen molar-refractivity contribution in [1.82, 2.24) is 10.6 Å². The first-order chi connectivity index (χ1) is 16.4. The molecule has 4 rings (SSSR count). The van der Waals surface area contributed by atoms with Crippen molar-refractivity contribution in [3.8, 4) is 0 Å². The van der Waals surface area contributed by atoms with Gasteiger partial charge in [-0.2, -0.15) is 0 Å². The molecule has 0 radical (unpaired) electrons. The molecule has 1 heterocycles. The van der Waals surface area contributed by atoms with Crippen molar-refractivity contribution in [2.45, 2.75) is 56.4 Å². The van der Waals surface area contributed by atoms with Gasteiger partial charge in [-0.05, 0) is 66.6 Å². The lowest BCUT2D eigenvalue weighted by atomic mass is 9.99. The number of hydrogen-bond donors (Lipinski definition) is 3. The van der Waals surface area contributed by atoms with Crippen LogP contribution in [0.4, 0.5) is 8.78 Å². The van der Waals surface area contributed by atoms with E-state index >= 15 is 0 Å². The molecule has 182 valence electrons. The van der Waals surface area contributed by atoms with Gasteiger partial charge in [-0.15, -0.1) is 0 Å². The number of ether oxygens (including phenoxy) is 1. The number of rotatable bonds is 2. The van der Waals surface area contributed by atoms with Gasteiger partial charge >= 0.3 is 0 Å². The molecule has 2 aromatic carbocycles. The Labute approximate surface area is 206 Å². The molecule has 0 spiro atoms. The van der Waals surface area contributed by atoms with Crippen molar-refractivity contribution in [1.29, 1.82) is 0 Å². The zero-order valence-electron chi connectivity index (χ0n) is 18.8. The van der Waals surface area contributed by atoms with Gasteiger partial charge in [0.15, 0.2) is 0 Å². The van der Waals surface area contributed by atoms with E-state index in [-0.39, 0.29) is 31.0 Å². The third-order valence-corrected chi connectivity index (χ3v) is 6.81. The third kappa shape index (κ3) is 6.50. The van der Waals surface area contributed by atoms with E-state index in [9.17, 15) is 18.7 Å². The van der Waals surface area contributed by atoms with Gasteiger partial charge in [0.25, 0.3) is 0 Å². The zero-order valence-corrected chi connectivity index (χ0v) is 20.4. The van der Waals surface area contributed by atoms with E-state index in [1.807, 2.05) is 18.2 Å². The number of halogens is 3. The second-order valence-corrected chi connectivity index (χ2v) is 9.79. The Balaban J connectivity index is 1.55. The number of aliphatic hydroxyl groups is 1. The summed E-state index contributed by atoms with van der Waals surface area (Å²) >= 11 is 3.53. The predicted molar refractivity (Wildman–Crippen MR) is 129 cm³/mol. The lowest BCUT2D eigenvalue weighted by molar-refractivity contribution is -0.122. The van der Waals surface area contributed by atoms with Crippen LogP contribution < -0.4 is 10.6 Å². The molecular formula is C26H29BrF2N2O3. The molecule has 8 heteroatoms. The van der Waals surface area contributed by atoms with Crippen molar-refractivity contribution in [2.75, 3.05) is 13.2 Å². The van der Waals surface area contributed by atoms with Gasteiger partial charge in [-0.25, -0.2) is 8.78 Å². The fourth-order valence-electron chi connectivity index (χ4n) is 4.65. The Kier molecular flexibility index (Phi) is 8.47. The van der Waals surface area contributed by atoms with Gasteiger partial charge in [0.05, 0.1) is 24.9 Å². The average molecular weight is 535 g/mol. The van der Waals surface area contributed by atoms with Crippen molar-refractivity contribution in [3.63, 3.8) is 0 Å². The van der Waals surface area contributed by atoms with E-state index in [2.05, 4.69) is 38.7 Å². The molecule has 2 aliphatic rings. The van der Waals surface area contributed by atoms with E-state index in [4.69, 9.17) is 4.74 Å². The van der Waals surface area contributed by atoms with Gasteiger partial charge in [0.2, 0.25) is 5.91 Å². The molecular weight excluding hydrogens is 506 g/mol. The van der Waals surface area contributed by atoms with Crippen molar-refractivity contribution in [3.05, 3.63) is 81.3 Å². The van der Waals surface area contributed by atoms with Crippen LogP contribution in [0, 0.1) is 11.6 Å². The summed E-state index contributed by atoms with van der Waals surface area (Å²) in [5.41, 5.74) is 2.60. The molecule has 0 unspecified atom stereocenters. The van der Waals surface area contributed by atoms with E-state index in [1.54, 1.807) is 0 Å². The standard InChI is InChI=1S/C26H29BrF2N2O3/c27-17-6-7-20-21(12-17)22-14-25(20)34-8-4-2-1-3-5-26(33)31-23(24(32)15-30-22)11-16-9-18(28)13-19(29)10-16/h2,4,6-7,9-10,12-13,22-25,30,32H,1,3,5,8,11,14-15H2,(H,31,33)/b4-2+/t22-,23-,24+,25+/m0/s1. The largest absolute Gasteiger partial charge is 0.390 e. The molecule has 0 saturated heterocycles. The van der Waals surface area contributed by atoms with Crippen molar-refractivity contribution in [2.24, 2.45) is 0 Å². The minimum Gasteiger partial charge on any atom is -0.390 e. The summed E-state index contributed by atoms with van der Waals surface area (Å²) in [7, 11) is 0. The fourth-order valence-corrected chi connectivity index (χ4v) is 5.03. The van der Waals surface area contributed by atoms with E-state index in [0.29, 0.717) is 25.0 Å². The van der Waals surface area contributed by atoms with Gasteiger partial charge in [0.1, 0.15) is 11.6 Å². The molecule has 0 saturated carbocycles. The van der Waals surface area contributed by atoms with Gasteiger partial charge in [0, 0.05) is 29.5 Å². The molecule has 1 aliphatic carbocycles. The smallest absolute Gasteiger partial charge is 0.220 e. The Morgan fingerprint density at radius 3 is 2.68 bits per heavy atom. The first kappa shape index (κ1) is 25.0. The highest BCUT2D eigenvalue weighted by Crippen LogP contribution is 2.42. The Morgan fingerprint density at radius 2 is 1.88 bits per heavy atom. The normalized spacial score (nSPS) is 27.1. The molecule has 34 heavy (non-hydrogen) atoms. The van der Waals surface area contributed by atoms with E-state index < -0.39 is 23.8 Å². The van der Waals surface area contributed by atoms with Gasteiger partial charge in [-0.3, -0.25) is 4.79 Å². The van der Waals surface area contributed by atoms with Crippen LogP contribution in [-0.2, 0) is 16.0 Å². The highest BCUT2D eigenvalue weighted by atomic mass is 79.9. The maximum Gasteiger partial charge on any atom is 0.220 e. The van der Waals surface area contributed by atoms with Crippen LogP contribution in [0.3, 0.4) is 0 Å². The number of β-amino-alcohol motifs (C(OH)–C–C–N with tert-alkyl or cyclic N) is 1. The van der Waals surface area contributed by atoms with Crippen LogP contribution in [0.1, 0.15) is 54.5 Å². The number of benzene rings is 2. The predicted octanol–water partition coefficient (Wildman–Crippen LogP) is 4.65. The number of aliphatic hydroxyl groups excluding tert-OH is 1. The first-order valence-corrected chi connectivity index (χ1v) is 12.4. The number of allylic oxidation sites excluding steroid dienone is 1. The third-order valence-electron chi connectivity index (χ3n) is 6.32. The maximum atomic E-state index is 13.7. The van der Waals surface area contributed by atoms with E-state index in [1.165, 1.54) is 12.1 Å². The molecule has 0 fully saturated rings. The summed E-state index contributed by atoms with van der Waals surface area (Å²) in [6, 6.07) is 8.64. The first-order valence-electron chi connectivity index (χ1n) is 11.6. The summed E-state index contributed by atoms with van der Waals surface area (Å²) in [4.78, 5) is 12.5. The Bertz CT molecular complexity index is 1030. The summed E-state index contributed by atoms with van der Waals surface area (Å²) in [5, 5.41) is 17.3. The summed E-state index contributed by atoms with van der Waals surface area (Å²) in [5.74, 6) is -1.57. The van der Waals surface area contributed by atoms with Crippen LogP contribution in [0.5, 0.6) is 0 Å². The molecule has 2 bridgehead atoms. The topological polar surface area (TPSA) is 70.6 Å². The molecule has 0 aromatic heterocycles. The monoisotopic (exact) mass is 534 g/mol. The Hall–Kier alpha value is -2.13. The maximum absolute atomic E-state index is 13.7. The lowest BCUT2D eigenvalue weighted by Gasteiger charge is -2.26. The number of nitrogens with one attached hydrogen (secondary N) is 2. The molecule has 1 aliphatic heterocycles. The summed E-state index contributed by atoms with van der Waals surface area (Å²) in [6.45, 7) is 0.694. The molecule has 3 N–H and O–H groups in total. The second kappa shape index (κ2) is 11.5.